The number of sulfonamides is 1. The molecule has 36 heavy (non-hydrogen) atoms. The highest BCUT2D eigenvalue weighted by atomic mass is 32.2. The van der Waals surface area contributed by atoms with E-state index in [2.05, 4.69) is 39.7 Å². The fourth-order valence-electron chi connectivity index (χ4n) is 6.93. The first-order chi connectivity index (χ1) is 17.0. The van der Waals surface area contributed by atoms with Crippen LogP contribution in [-0.2, 0) is 14.8 Å². The number of hydrogen-bond donors (Lipinski definition) is 4. The summed E-state index contributed by atoms with van der Waals surface area (Å²) in [4.78, 5) is 20.8. The van der Waals surface area contributed by atoms with E-state index >= 15 is 0 Å². The third-order valence-electron chi connectivity index (χ3n) is 9.00. The molecule has 10 nitrogen and oxygen atoms in total. The van der Waals surface area contributed by atoms with Gasteiger partial charge in [0.2, 0.25) is 15.9 Å². The van der Waals surface area contributed by atoms with Crippen LogP contribution in [0.2, 0.25) is 0 Å². The maximum Gasteiger partial charge on any atom is 0.232 e. The Labute approximate surface area is 214 Å². The molecular weight excluding hydrogens is 485 g/mol. The SMILES string of the molecule is CC1(C)CC2=NCC(F)CCC1NC(N)C2C(=O)NC1CNCCC1N1CCN2C(CCS2(=O)=O)C1. The smallest absolute Gasteiger partial charge is 0.232 e. The number of carbonyl (C=O) groups excluding carboxylic acids is 1. The van der Waals surface area contributed by atoms with Crippen LogP contribution in [0, 0.1) is 11.3 Å². The molecule has 4 fully saturated rings. The first-order valence-corrected chi connectivity index (χ1v) is 15.1. The zero-order valence-electron chi connectivity index (χ0n) is 21.5. The quantitative estimate of drug-likeness (QED) is 0.386. The van der Waals surface area contributed by atoms with Crippen LogP contribution in [-0.4, -0.2) is 111 Å². The van der Waals surface area contributed by atoms with Crippen LogP contribution >= 0.6 is 0 Å². The van der Waals surface area contributed by atoms with Crippen molar-refractivity contribution in [1.29, 1.82) is 0 Å². The summed E-state index contributed by atoms with van der Waals surface area (Å²) >= 11 is 0. The van der Waals surface area contributed by atoms with Gasteiger partial charge in [-0.1, -0.05) is 13.8 Å². The number of fused-ring (bicyclic) bond motifs is 4. The fraction of sp³-hybridized carbons (Fsp3) is 0.917. The van der Waals surface area contributed by atoms with E-state index in [0.717, 1.165) is 13.0 Å². The molecule has 7 atom stereocenters. The number of aliphatic imine (C=N–C) groups is 1. The second-order valence-electron chi connectivity index (χ2n) is 11.9. The van der Waals surface area contributed by atoms with Crippen LogP contribution in [0.1, 0.15) is 46.0 Å². The lowest BCUT2D eigenvalue weighted by molar-refractivity contribution is -0.125. The van der Waals surface area contributed by atoms with Gasteiger partial charge in [0.15, 0.2) is 0 Å². The van der Waals surface area contributed by atoms with Gasteiger partial charge in [-0.05, 0) is 44.1 Å². The lowest BCUT2D eigenvalue weighted by Gasteiger charge is -2.45. The number of carbonyl (C=O) groups is 1. The Bertz CT molecular complexity index is 977. The third kappa shape index (κ3) is 5.22. The number of alkyl halides is 1. The molecule has 0 aromatic heterocycles. The topological polar surface area (TPSA) is 132 Å². The van der Waals surface area contributed by atoms with Gasteiger partial charge in [0.05, 0.1) is 24.5 Å². The summed E-state index contributed by atoms with van der Waals surface area (Å²) in [6.45, 7) is 7.71. The Kier molecular flexibility index (Phi) is 7.47. The normalized spacial score (nSPS) is 41.3. The number of rotatable bonds is 3. The van der Waals surface area contributed by atoms with Crippen LogP contribution in [0.15, 0.2) is 4.99 Å². The third-order valence-corrected chi connectivity index (χ3v) is 11.0. The fourth-order valence-corrected chi connectivity index (χ4v) is 8.72. The molecule has 204 valence electrons. The van der Waals surface area contributed by atoms with E-state index in [1.54, 1.807) is 4.31 Å². The number of halogens is 1. The summed E-state index contributed by atoms with van der Waals surface area (Å²) in [5, 5.41) is 10.1. The Hall–Kier alpha value is -1.18. The molecule has 0 radical (unpaired) electrons. The highest BCUT2D eigenvalue weighted by molar-refractivity contribution is 7.89. The van der Waals surface area contributed by atoms with Crippen molar-refractivity contribution >= 4 is 21.6 Å². The van der Waals surface area contributed by atoms with Crippen LogP contribution in [0.25, 0.3) is 0 Å². The highest BCUT2D eigenvalue weighted by Crippen LogP contribution is 2.36. The second kappa shape index (κ2) is 10.2. The molecule has 5 aliphatic rings. The van der Waals surface area contributed by atoms with E-state index in [1.807, 2.05) is 0 Å². The second-order valence-corrected chi connectivity index (χ2v) is 14.0. The summed E-state index contributed by atoms with van der Waals surface area (Å²) in [6.07, 6.45) is 1.64. The number of piperazine rings is 1. The largest absolute Gasteiger partial charge is 0.350 e. The molecular formula is C24H42FN7O3S. The van der Waals surface area contributed by atoms with Gasteiger partial charge in [-0.25, -0.2) is 12.8 Å². The van der Waals surface area contributed by atoms with Crippen LogP contribution in [0.3, 0.4) is 0 Å². The summed E-state index contributed by atoms with van der Waals surface area (Å²) < 4.78 is 40.7. The minimum atomic E-state index is -3.12. The average molecular weight is 528 g/mol. The number of piperidine rings is 1. The van der Waals surface area contributed by atoms with E-state index in [4.69, 9.17) is 5.73 Å². The van der Waals surface area contributed by atoms with Crippen molar-refractivity contribution in [3.63, 3.8) is 0 Å². The van der Waals surface area contributed by atoms with Gasteiger partial charge < -0.3 is 16.4 Å². The summed E-state index contributed by atoms with van der Waals surface area (Å²) in [5.41, 5.74) is 7.08. The minimum absolute atomic E-state index is 0.00920. The van der Waals surface area contributed by atoms with Gasteiger partial charge in [0.25, 0.3) is 0 Å². The van der Waals surface area contributed by atoms with Gasteiger partial charge in [-0.15, -0.1) is 0 Å². The molecule has 5 heterocycles. The predicted molar refractivity (Wildman–Crippen MR) is 137 cm³/mol. The molecule has 0 saturated carbocycles. The molecule has 0 aromatic carbocycles. The van der Waals surface area contributed by atoms with Crippen molar-refractivity contribution in [1.82, 2.24) is 25.2 Å². The van der Waals surface area contributed by atoms with E-state index < -0.39 is 28.3 Å². The maximum atomic E-state index is 14.4. The highest BCUT2D eigenvalue weighted by Gasteiger charge is 2.46. The van der Waals surface area contributed by atoms with Crippen molar-refractivity contribution in [2.45, 2.75) is 82.5 Å². The molecule has 5 aliphatic heterocycles. The Morgan fingerprint density at radius 3 is 2.83 bits per heavy atom. The Morgan fingerprint density at radius 2 is 2.03 bits per heavy atom. The van der Waals surface area contributed by atoms with Gasteiger partial charge >= 0.3 is 0 Å². The number of hydrogen-bond acceptors (Lipinski definition) is 8. The van der Waals surface area contributed by atoms with Crippen molar-refractivity contribution < 1.29 is 17.6 Å². The van der Waals surface area contributed by atoms with E-state index in [0.29, 0.717) is 57.6 Å². The molecule has 0 spiro atoms. The number of nitrogens with zero attached hydrogens (tertiary/aromatic N) is 3. The molecule has 7 unspecified atom stereocenters. The molecule has 5 N–H and O–H groups in total. The van der Waals surface area contributed by atoms with Crippen molar-refractivity contribution in [2.75, 3.05) is 45.0 Å². The monoisotopic (exact) mass is 527 g/mol. The van der Waals surface area contributed by atoms with Crippen LogP contribution in [0.4, 0.5) is 4.39 Å². The molecule has 12 heteroatoms. The van der Waals surface area contributed by atoms with Gasteiger partial charge in [0, 0.05) is 50.0 Å². The van der Waals surface area contributed by atoms with Crippen molar-refractivity contribution in [3.8, 4) is 0 Å². The number of nitrogens with one attached hydrogen (secondary N) is 3. The standard InChI is InChI=1S/C24H42FN7O3S/c1-24(2)11-17-21(22(26)30-20(24)4-3-15(25)12-28-17)23(33)29-18-13-27-7-5-19(18)31-8-9-32-16(14-31)6-10-36(32,34)35/h15-16,18-22,27,30H,3-14,26H2,1-2H3,(H,29,33). The van der Waals surface area contributed by atoms with E-state index in [1.165, 1.54) is 0 Å². The van der Waals surface area contributed by atoms with E-state index in [-0.39, 0.29) is 47.8 Å². The van der Waals surface area contributed by atoms with Crippen LogP contribution in [0.5, 0.6) is 0 Å². The lowest BCUT2D eigenvalue weighted by Crippen LogP contribution is -2.65. The molecule has 0 aliphatic carbocycles. The van der Waals surface area contributed by atoms with E-state index in [9.17, 15) is 17.6 Å². The predicted octanol–water partition coefficient (Wildman–Crippen LogP) is -0.585. The Balaban J connectivity index is 1.32. The average Bonchev–Trinajstić information content (AvgIpc) is 3.10. The molecule has 1 amide bonds. The number of amides is 1. The van der Waals surface area contributed by atoms with Gasteiger partial charge in [-0.3, -0.25) is 20.0 Å². The zero-order chi connectivity index (χ0) is 25.7. The maximum absolute atomic E-state index is 14.4. The Morgan fingerprint density at radius 1 is 1.22 bits per heavy atom. The van der Waals surface area contributed by atoms with Crippen molar-refractivity contribution in [3.05, 3.63) is 0 Å². The van der Waals surface area contributed by atoms with Crippen LogP contribution < -0.4 is 21.7 Å². The van der Waals surface area contributed by atoms with Crippen molar-refractivity contribution in [2.24, 2.45) is 22.1 Å². The zero-order valence-corrected chi connectivity index (χ0v) is 22.3. The molecule has 0 aromatic rings. The van der Waals surface area contributed by atoms with Gasteiger partial charge in [-0.2, -0.15) is 4.31 Å². The summed E-state index contributed by atoms with van der Waals surface area (Å²) in [7, 11) is -3.12. The number of nitrogens with two attached hydrogens (primary N) is 1. The lowest BCUT2D eigenvalue weighted by atomic mass is 9.77. The molecule has 2 bridgehead atoms. The van der Waals surface area contributed by atoms with Gasteiger partial charge in [0.1, 0.15) is 12.1 Å². The summed E-state index contributed by atoms with van der Waals surface area (Å²) in [6, 6.07) is 0.0222. The first-order valence-electron chi connectivity index (χ1n) is 13.5. The molecule has 5 rings (SSSR count). The summed E-state index contributed by atoms with van der Waals surface area (Å²) in [5.74, 6) is -0.593. The minimum Gasteiger partial charge on any atom is -0.350 e. The first kappa shape index (κ1) is 26.4. The molecule has 4 saturated heterocycles.